The summed E-state index contributed by atoms with van der Waals surface area (Å²) in [5, 5.41) is 4.56. The van der Waals surface area contributed by atoms with Crippen molar-refractivity contribution in [3.05, 3.63) is 33.8 Å². The van der Waals surface area contributed by atoms with E-state index in [0.717, 1.165) is 5.56 Å². The van der Waals surface area contributed by atoms with E-state index in [-0.39, 0.29) is 12.1 Å². The Hall–Kier alpha value is -0.320. The number of ether oxygens (including phenoxy) is 2. The van der Waals surface area contributed by atoms with E-state index in [1.165, 1.54) is 0 Å². The van der Waals surface area contributed by atoms with E-state index in [4.69, 9.17) is 32.7 Å². The zero-order valence-corrected chi connectivity index (χ0v) is 11.1. The molecule has 0 spiro atoms. The Labute approximate surface area is 111 Å². The van der Waals surface area contributed by atoms with E-state index in [0.29, 0.717) is 29.9 Å². The molecule has 0 radical (unpaired) electrons. The Kier molecular flexibility index (Phi) is 4.65. The van der Waals surface area contributed by atoms with Gasteiger partial charge in [0, 0.05) is 10.0 Å². The molecule has 1 saturated heterocycles. The van der Waals surface area contributed by atoms with Crippen molar-refractivity contribution >= 4 is 23.2 Å². The molecule has 1 aliphatic heterocycles. The van der Waals surface area contributed by atoms with Crippen molar-refractivity contribution in [2.24, 2.45) is 0 Å². The minimum absolute atomic E-state index is 0.0125. The molecule has 2 unspecified atom stereocenters. The van der Waals surface area contributed by atoms with Crippen LogP contribution < -0.4 is 5.32 Å². The Bertz CT molecular complexity index is 381. The van der Waals surface area contributed by atoms with Gasteiger partial charge in [-0.3, -0.25) is 0 Å². The molecule has 0 saturated carbocycles. The molecule has 1 aromatic carbocycles. The van der Waals surface area contributed by atoms with Crippen LogP contribution in [0.1, 0.15) is 11.6 Å². The minimum Gasteiger partial charge on any atom is -0.376 e. The lowest BCUT2D eigenvalue weighted by molar-refractivity contribution is -0.101. The van der Waals surface area contributed by atoms with Crippen LogP contribution in [-0.2, 0) is 9.47 Å². The highest BCUT2D eigenvalue weighted by Gasteiger charge is 2.27. The number of benzene rings is 1. The molecular weight excluding hydrogens is 261 g/mol. The molecule has 0 amide bonds. The fourth-order valence-electron chi connectivity index (χ4n) is 1.99. The first kappa shape index (κ1) is 13.1. The smallest absolute Gasteiger partial charge is 0.100 e. The first-order valence-electron chi connectivity index (χ1n) is 5.54. The molecule has 1 aromatic rings. The lowest BCUT2D eigenvalue weighted by atomic mass is 10.0. The van der Waals surface area contributed by atoms with Crippen LogP contribution in [0.3, 0.4) is 0 Å². The Morgan fingerprint density at radius 2 is 2.18 bits per heavy atom. The van der Waals surface area contributed by atoms with Crippen molar-refractivity contribution in [3.8, 4) is 0 Å². The summed E-state index contributed by atoms with van der Waals surface area (Å²) in [7, 11) is 1.87. The van der Waals surface area contributed by atoms with Gasteiger partial charge in [-0.05, 0) is 30.8 Å². The Morgan fingerprint density at radius 1 is 1.35 bits per heavy atom. The summed E-state index contributed by atoms with van der Waals surface area (Å²) in [6.07, 6.45) is -0.0373. The SMILES string of the molecule is CNC(c1cc(Cl)ccc1Cl)C1COCCO1. The van der Waals surface area contributed by atoms with Gasteiger partial charge in [0.25, 0.3) is 0 Å². The summed E-state index contributed by atoms with van der Waals surface area (Å²) in [4.78, 5) is 0. The third-order valence-corrected chi connectivity index (χ3v) is 3.40. The molecule has 1 fully saturated rings. The molecule has 1 heterocycles. The van der Waals surface area contributed by atoms with Gasteiger partial charge in [0.2, 0.25) is 0 Å². The predicted octanol–water partition coefficient (Wildman–Crippen LogP) is 2.67. The van der Waals surface area contributed by atoms with Gasteiger partial charge in [0.1, 0.15) is 6.10 Å². The summed E-state index contributed by atoms with van der Waals surface area (Å²) < 4.78 is 11.1. The number of likely N-dealkylation sites (N-methyl/N-ethyl adjacent to an activating group) is 1. The summed E-state index contributed by atoms with van der Waals surface area (Å²) in [5.74, 6) is 0. The van der Waals surface area contributed by atoms with Crippen molar-refractivity contribution in [3.63, 3.8) is 0 Å². The molecule has 0 aliphatic carbocycles. The molecule has 1 N–H and O–H groups in total. The molecule has 2 atom stereocenters. The summed E-state index contributed by atoms with van der Waals surface area (Å²) in [5.41, 5.74) is 0.942. The number of rotatable bonds is 3. The summed E-state index contributed by atoms with van der Waals surface area (Å²) in [6, 6.07) is 5.43. The molecule has 94 valence electrons. The monoisotopic (exact) mass is 275 g/mol. The zero-order chi connectivity index (χ0) is 12.3. The second-order valence-corrected chi connectivity index (χ2v) is 4.76. The van der Waals surface area contributed by atoms with Crippen molar-refractivity contribution in [1.82, 2.24) is 5.32 Å². The normalized spacial score (nSPS) is 22.4. The number of halogens is 2. The quantitative estimate of drug-likeness (QED) is 0.920. The third-order valence-electron chi connectivity index (χ3n) is 2.82. The van der Waals surface area contributed by atoms with Gasteiger partial charge in [0.05, 0.1) is 25.9 Å². The molecule has 3 nitrogen and oxygen atoms in total. The number of hydrogen-bond donors (Lipinski definition) is 1. The highest BCUT2D eigenvalue weighted by Crippen LogP contribution is 2.30. The van der Waals surface area contributed by atoms with Gasteiger partial charge in [-0.15, -0.1) is 0 Å². The Balaban J connectivity index is 2.24. The van der Waals surface area contributed by atoms with E-state index in [2.05, 4.69) is 5.32 Å². The molecule has 1 aliphatic rings. The maximum Gasteiger partial charge on any atom is 0.100 e. The average molecular weight is 276 g/mol. The van der Waals surface area contributed by atoms with E-state index in [9.17, 15) is 0 Å². The van der Waals surface area contributed by atoms with Crippen LogP contribution in [-0.4, -0.2) is 33.0 Å². The van der Waals surface area contributed by atoms with Crippen molar-refractivity contribution in [1.29, 1.82) is 0 Å². The van der Waals surface area contributed by atoms with E-state index < -0.39 is 0 Å². The second kappa shape index (κ2) is 6.03. The maximum atomic E-state index is 6.19. The van der Waals surface area contributed by atoms with E-state index >= 15 is 0 Å². The van der Waals surface area contributed by atoms with Crippen LogP contribution in [0.25, 0.3) is 0 Å². The molecule has 0 aromatic heterocycles. The van der Waals surface area contributed by atoms with Crippen LogP contribution in [0.2, 0.25) is 10.0 Å². The maximum absolute atomic E-state index is 6.19. The number of nitrogens with one attached hydrogen (secondary N) is 1. The van der Waals surface area contributed by atoms with Crippen LogP contribution in [0, 0.1) is 0 Å². The molecule has 2 rings (SSSR count). The first-order valence-corrected chi connectivity index (χ1v) is 6.29. The molecule has 17 heavy (non-hydrogen) atoms. The minimum atomic E-state index is -0.0373. The van der Waals surface area contributed by atoms with Gasteiger partial charge < -0.3 is 14.8 Å². The van der Waals surface area contributed by atoms with Gasteiger partial charge in [-0.1, -0.05) is 23.2 Å². The van der Waals surface area contributed by atoms with Crippen LogP contribution in [0.5, 0.6) is 0 Å². The summed E-state index contributed by atoms with van der Waals surface area (Å²) >= 11 is 12.2. The third kappa shape index (κ3) is 3.12. The van der Waals surface area contributed by atoms with Crippen LogP contribution >= 0.6 is 23.2 Å². The van der Waals surface area contributed by atoms with Crippen molar-refractivity contribution in [2.45, 2.75) is 12.1 Å². The fraction of sp³-hybridized carbons (Fsp3) is 0.500. The van der Waals surface area contributed by atoms with Gasteiger partial charge in [-0.2, -0.15) is 0 Å². The van der Waals surface area contributed by atoms with Crippen LogP contribution in [0.4, 0.5) is 0 Å². The van der Waals surface area contributed by atoms with Gasteiger partial charge in [-0.25, -0.2) is 0 Å². The molecule has 5 heteroatoms. The number of hydrogen-bond acceptors (Lipinski definition) is 3. The second-order valence-electron chi connectivity index (χ2n) is 3.92. The molecule has 0 bridgehead atoms. The largest absolute Gasteiger partial charge is 0.376 e. The fourth-order valence-corrected chi connectivity index (χ4v) is 2.41. The lowest BCUT2D eigenvalue weighted by Gasteiger charge is -2.31. The van der Waals surface area contributed by atoms with Crippen molar-refractivity contribution < 1.29 is 9.47 Å². The van der Waals surface area contributed by atoms with Gasteiger partial charge in [0.15, 0.2) is 0 Å². The highest BCUT2D eigenvalue weighted by molar-refractivity contribution is 6.33. The lowest BCUT2D eigenvalue weighted by Crippen LogP contribution is -2.39. The van der Waals surface area contributed by atoms with E-state index in [1.807, 2.05) is 13.1 Å². The highest BCUT2D eigenvalue weighted by atomic mass is 35.5. The van der Waals surface area contributed by atoms with Crippen molar-refractivity contribution in [2.75, 3.05) is 26.9 Å². The average Bonchev–Trinajstić information content (AvgIpc) is 2.36. The topological polar surface area (TPSA) is 30.5 Å². The van der Waals surface area contributed by atoms with Gasteiger partial charge >= 0.3 is 0 Å². The first-order chi connectivity index (χ1) is 8.22. The molecular formula is C12H15Cl2NO2. The predicted molar refractivity (Wildman–Crippen MR) is 68.8 cm³/mol. The zero-order valence-electron chi connectivity index (χ0n) is 9.58. The van der Waals surface area contributed by atoms with E-state index in [1.54, 1.807) is 12.1 Å². The van der Waals surface area contributed by atoms with Crippen LogP contribution in [0.15, 0.2) is 18.2 Å². The summed E-state index contributed by atoms with van der Waals surface area (Å²) in [6.45, 7) is 1.82. The Morgan fingerprint density at radius 3 is 2.82 bits per heavy atom. The standard InChI is InChI=1S/C12H15Cl2NO2/c1-15-12(11-7-16-4-5-17-11)9-6-8(13)2-3-10(9)14/h2-3,6,11-12,15H,4-5,7H2,1H3.